The molecule has 0 spiro atoms. The first kappa shape index (κ1) is 17.4. The van der Waals surface area contributed by atoms with Crippen LogP contribution in [0.15, 0.2) is 42.5 Å². The Hall–Kier alpha value is -2.00. The maximum atomic E-state index is 12.8. The minimum absolute atomic E-state index is 0. The Labute approximate surface area is 143 Å². The highest BCUT2D eigenvalue weighted by Crippen LogP contribution is 2.25. The SMILES string of the molecule is Cc1ccc(N)cc1C(=O)N(C)C1CCc2ccccc2C1.Cl. The molecule has 0 saturated carbocycles. The lowest BCUT2D eigenvalue weighted by Crippen LogP contribution is -2.40. The number of fused-ring (bicyclic) bond motifs is 1. The largest absolute Gasteiger partial charge is 0.399 e. The van der Waals surface area contributed by atoms with Gasteiger partial charge < -0.3 is 10.6 Å². The Bertz CT molecular complexity index is 714. The molecular formula is C19H23ClN2O. The first-order chi connectivity index (χ1) is 10.6. The molecule has 2 aromatic carbocycles. The molecule has 1 unspecified atom stereocenters. The number of anilines is 1. The molecule has 1 aliphatic rings. The molecule has 122 valence electrons. The fourth-order valence-corrected chi connectivity index (χ4v) is 3.23. The van der Waals surface area contributed by atoms with Crippen molar-refractivity contribution in [3.63, 3.8) is 0 Å². The van der Waals surface area contributed by atoms with Crippen molar-refractivity contribution in [1.82, 2.24) is 4.90 Å². The molecule has 1 atom stereocenters. The molecular weight excluding hydrogens is 308 g/mol. The van der Waals surface area contributed by atoms with Crippen LogP contribution in [0.25, 0.3) is 0 Å². The summed E-state index contributed by atoms with van der Waals surface area (Å²) in [6, 6.07) is 14.3. The van der Waals surface area contributed by atoms with E-state index in [1.807, 2.05) is 31.0 Å². The molecule has 1 aliphatic carbocycles. The van der Waals surface area contributed by atoms with E-state index >= 15 is 0 Å². The van der Waals surface area contributed by atoms with E-state index < -0.39 is 0 Å². The van der Waals surface area contributed by atoms with E-state index in [1.54, 1.807) is 6.07 Å². The van der Waals surface area contributed by atoms with Crippen LogP contribution in [0, 0.1) is 6.92 Å². The fourth-order valence-electron chi connectivity index (χ4n) is 3.23. The maximum absolute atomic E-state index is 12.8. The summed E-state index contributed by atoms with van der Waals surface area (Å²) < 4.78 is 0. The van der Waals surface area contributed by atoms with Crippen LogP contribution < -0.4 is 5.73 Å². The number of nitrogen functional groups attached to an aromatic ring is 1. The second-order valence-corrected chi connectivity index (χ2v) is 6.16. The first-order valence-corrected chi connectivity index (χ1v) is 7.76. The molecule has 0 bridgehead atoms. The lowest BCUT2D eigenvalue weighted by atomic mass is 9.87. The van der Waals surface area contributed by atoms with Crippen molar-refractivity contribution in [3.8, 4) is 0 Å². The lowest BCUT2D eigenvalue weighted by Gasteiger charge is -2.33. The van der Waals surface area contributed by atoms with Gasteiger partial charge in [-0.05, 0) is 55.0 Å². The number of rotatable bonds is 2. The quantitative estimate of drug-likeness (QED) is 0.855. The molecule has 2 aromatic rings. The summed E-state index contributed by atoms with van der Waals surface area (Å²) in [6.45, 7) is 1.96. The van der Waals surface area contributed by atoms with Gasteiger partial charge in [-0.25, -0.2) is 0 Å². The Morgan fingerprint density at radius 2 is 1.87 bits per heavy atom. The van der Waals surface area contributed by atoms with Gasteiger partial charge in [-0.1, -0.05) is 30.3 Å². The van der Waals surface area contributed by atoms with Crippen LogP contribution in [0.5, 0.6) is 0 Å². The zero-order valence-electron chi connectivity index (χ0n) is 13.6. The van der Waals surface area contributed by atoms with Crippen LogP contribution in [0.1, 0.15) is 33.5 Å². The van der Waals surface area contributed by atoms with E-state index in [0.717, 1.165) is 24.8 Å². The Kier molecular flexibility index (Phi) is 5.32. The molecule has 0 aromatic heterocycles. The molecule has 0 saturated heterocycles. The highest BCUT2D eigenvalue weighted by Gasteiger charge is 2.26. The first-order valence-electron chi connectivity index (χ1n) is 7.76. The zero-order valence-corrected chi connectivity index (χ0v) is 14.4. The van der Waals surface area contributed by atoms with Crippen molar-refractivity contribution in [2.24, 2.45) is 0 Å². The summed E-state index contributed by atoms with van der Waals surface area (Å²) in [5.74, 6) is 0.0641. The maximum Gasteiger partial charge on any atom is 0.254 e. The predicted molar refractivity (Wildman–Crippen MR) is 97.2 cm³/mol. The van der Waals surface area contributed by atoms with E-state index in [-0.39, 0.29) is 24.4 Å². The molecule has 3 nitrogen and oxygen atoms in total. The van der Waals surface area contributed by atoms with E-state index in [4.69, 9.17) is 5.73 Å². The minimum atomic E-state index is 0. The van der Waals surface area contributed by atoms with Gasteiger partial charge in [-0.3, -0.25) is 4.79 Å². The minimum Gasteiger partial charge on any atom is -0.399 e. The van der Waals surface area contributed by atoms with Gasteiger partial charge in [0.1, 0.15) is 0 Å². The second kappa shape index (κ2) is 7.05. The topological polar surface area (TPSA) is 46.3 Å². The third-order valence-corrected chi connectivity index (χ3v) is 4.68. The number of halogens is 1. The van der Waals surface area contributed by atoms with E-state index in [2.05, 4.69) is 24.3 Å². The molecule has 1 amide bonds. The molecule has 0 radical (unpaired) electrons. The van der Waals surface area contributed by atoms with Crippen LogP contribution in [0.4, 0.5) is 5.69 Å². The lowest BCUT2D eigenvalue weighted by molar-refractivity contribution is 0.0718. The van der Waals surface area contributed by atoms with Gasteiger partial charge >= 0.3 is 0 Å². The van der Waals surface area contributed by atoms with Crippen molar-refractivity contribution >= 4 is 24.0 Å². The van der Waals surface area contributed by atoms with Gasteiger partial charge in [0.15, 0.2) is 0 Å². The molecule has 0 heterocycles. The summed E-state index contributed by atoms with van der Waals surface area (Å²) in [5, 5.41) is 0. The Balaban J connectivity index is 0.00000192. The number of nitrogens with zero attached hydrogens (tertiary/aromatic N) is 1. The number of aryl methyl sites for hydroxylation is 2. The standard InChI is InChI=1S/C19H22N2O.ClH/c1-13-7-9-16(20)12-18(13)19(22)21(2)17-10-8-14-5-3-4-6-15(14)11-17;/h3-7,9,12,17H,8,10-11,20H2,1-2H3;1H. The van der Waals surface area contributed by atoms with E-state index in [9.17, 15) is 4.79 Å². The summed E-state index contributed by atoms with van der Waals surface area (Å²) in [4.78, 5) is 14.7. The number of amides is 1. The number of hydrogen-bond acceptors (Lipinski definition) is 2. The molecule has 0 fully saturated rings. The van der Waals surface area contributed by atoms with Gasteiger partial charge in [0.25, 0.3) is 5.91 Å². The monoisotopic (exact) mass is 330 g/mol. The summed E-state index contributed by atoms with van der Waals surface area (Å²) in [7, 11) is 1.91. The zero-order chi connectivity index (χ0) is 15.7. The highest BCUT2D eigenvalue weighted by molar-refractivity contribution is 5.96. The fraction of sp³-hybridized carbons (Fsp3) is 0.316. The summed E-state index contributed by atoms with van der Waals surface area (Å²) in [6.07, 6.45) is 2.98. The van der Waals surface area contributed by atoms with Crippen LogP contribution in [-0.2, 0) is 12.8 Å². The van der Waals surface area contributed by atoms with Crippen LogP contribution >= 0.6 is 12.4 Å². The van der Waals surface area contributed by atoms with E-state index in [0.29, 0.717) is 11.3 Å². The summed E-state index contributed by atoms with van der Waals surface area (Å²) >= 11 is 0. The number of likely N-dealkylation sites (N-methyl/N-ethyl adjacent to an activating group) is 1. The highest BCUT2D eigenvalue weighted by atomic mass is 35.5. The van der Waals surface area contributed by atoms with Crippen molar-refractivity contribution in [2.45, 2.75) is 32.2 Å². The average Bonchev–Trinajstić information content (AvgIpc) is 2.55. The van der Waals surface area contributed by atoms with Crippen molar-refractivity contribution in [1.29, 1.82) is 0 Å². The van der Waals surface area contributed by atoms with Crippen LogP contribution in [0.2, 0.25) is 0 Å². The molecule has 2 N–H and O–H groups in total. The average molecular weight is 331 g/mol. The molecule has 0 aliphatic heterocycles. The van der Waals surface area contributed by atoms with Crippen LogP contribution in [-0.4, -0.2) is 23.9 Å². The number of benzene rings is 2. The number of nitrogens with two attached hydrogens (primary N) is 1. The smallest absolute Gasteiger partial charge is 0.254 e. The molecule has 4 heteroatoms. The normalized spacial score (nSPS) is 16.2. The number of hydrogen-bond donors (Lipinski definition) is 1. The van der Waals surface area contributed by atoms with Gasteiger partial charge in [0.2, 0.25) is 0 Å². The van der Waals surface area contributed by atoms with Crippen LogP contribution in [0.3, 0.4) is 0 Å². The molecule has 3 rings (SSSR count). The van der Waals surface area contributed by atoms with Gasteiger partial charge in [-0.2, -0.15) is 0 Å². The van der Waals surface area contributed by atoms with Gasteiger partial charge in [0.05, 0.1) is 0 Å². The summed E-state index contributed by atoms with van der Waals surface area (Å²) in [5.41, 5.74) is 10.9. The van der Waals surface area contributed by atoms with Crippen molar-refractivity contribution in [2.75, 3.05) is 12.8 Å². The van der Waals surface area contributed by atoms with Crippen molar-refractivity contribution in [3.05, 3.63) is 64.7 Å². The molecule has 23 heavy (non-hydrogen) atoms. The third kappa shape index (κ3) is 3.50. The second-order valence-electron chi connectivity index (χ2n) is 6.16. The third-order valence-electron chi connectivity index (χ3n) is 4.68. The van der Waals surface area contributed by atoms with E-state index in [1.165, 1.54) is 11.1 Å². The predicted octanol–water partition coefficient (Wildman–Crippen LogP) is 3.63. The van der Waals surface area contributed by atoms with Gasteiger partial charge in [-0.15, -0.1) is 12.4 Å². The van der Waals surface area contributed by atoms with Crippen molar-refractivity contribution < 1.29 is 4.79 Å². The number of carbonyl (C=O) groups is 1. The Morgan fingerprint density at radius 1 is 1.17 bits per heavy atom. The Morgan fingerprint density at radius 3 is 2.61 bits per heavy atom. The van der Waals surface area contributed by atoms with Gasteiger partial charge in [0, 0.05) is 24.3 Å². The number of carbonyl (C=O) groups excluding carboxylic acids is 1.